The molecular weight excluding hydrogens is 457 g/mol. The summed E-state index contributed by atoms with van der Waals surface area (Å²) in [5, 5.41) is 1.28. The van der Waals surface area contributed by atoms with Gasteiger partial charge >= 0.3 is 0 Å². The molecule has 0 bridgehead atoms. The number of fused-ring (bicyclic) bond motifs is 1. The largest absolute Gasteiger partial charge is 0.497 e. The number of carbonyl (C=O) groups excluding carboxylic acids is 1. The van der Waals surface area contributed by atoms with Crippen molar-refractivity contribution in [2.45, 2.75) is 13.3 Å². The third kappa shape index (κ3) is 6.46. The molecule has 1 amide bonds. The molecule has 0 N–H and O–H groups in total. The Morgan fingerprint density at radius 2 is 1.90 bits per heavy atom. The molecule has 0 spiro atoms. The van der Waals surface area contributed by atoms with Gasteiger partial charge in [-0.15, -0.1) is 12.4 Å². The van der Waals surface area contributed by atoms with Crippen molar-refractivity contribution < 1.29 is 14.3 Å². The van der Waals surface area contributed by atoms with E-state index in [-0.39, 0.29) is 24.9 Å². The zero-order valence-corrected chi connectivity index (χ0v) is 20.4. The lowest BCUT2D eigenvalue weighted by Crippen LogP contribution is -2.36. The van der Waals surface area contributed by atoms with Crippen LogP contribution < -0.4 is 14.4 Å². The molecule has 1 heterocycles. The Labute approximate surface area is 198 Å². The molecule has 31 heavy (non-hydrogen) atoms. The third-order valence-corrected chi connectivity index (χ3v) is 6.15. The van der Waals surface area contributed by atoms with E-state index in [1.807, 2.05) is 45.3 Å². The SMILES string of the molecule is COc1cccc(OCC(=O)N(CCCN(C)C)c2nc3c(C)ccc(Cl)c3s2)c1.Cl. The number of rotatable bonds is 9. The van der Waals surface area contributed by atoms with Crippen molar-refractivity contribution in [2.24, 2.45) is 0 Å². The van der Waals surface area contributed by atoms with E-state index in [0.717, 1.165) is 28.7 Å². The zero-order valence-electron chi connectivity index (χ0n) is 18.1. The second-order valence-corrected chi connectivity index (χ2v) is 8.59. The van der Waals surface area contributed by atoms with E-state index in [9.17, 15) is 4.79 Å². The summed E-state index contributed by atoms with van der Waals surface area (Å²) in [6, 6.07) is 11.0. The highest BCUT2D eigenvalue weighted by Crippen LogP contribution is 2.35. The fourth-order valence-electron chi connectivity index (χ4n) is 2.99. The molecule has 0 aliphatic rings. The van der Waals surface area contributed by atoms with Crippen molar-refractivity contribution in [3.63, 3.8) is 0 Å². The number of hydrogen-bond acceptors (Lipinski definition) is 6. The van der Waals surface area contributed by atoms with Crippen molar-refractivity contribution in [1.29, 1.82) is 0 Å². The first-order valence-corrected chi connectivity index (χ1v) is 10.9. The lowest BCUT2D eigenvalue weighted by molar-refractivity contribution is -0.120. The molecular formula is C22H27Cl2N3O3S. The van der Waals surface area contributed by atoms with Gasteiger partial charge in [0.05, 0.1) is 22.3 Å². The van der Waals surface area contributed by atoms with E-state index in [2.05, 4.69) is 4.90 Å². The van der Waals surface area contributed by atoms with Gasteiger partial charge in [-0.3, -0.25) is 9.69 Å². The van der Waals surface area contributed by atoms with Gasteiger partial charge in [0.2, 0.25) is 0 Å². The van der Waals surface area contributed by atoms with E-state index < -0.39 is 0 Å². The van der Waals surface area contributed by atoms with Gasteiger partial charge in [0.1, 0.15) is 11.5 Å². The number of nitrogens with zero attached hydrogens (tertiary/aromatic N) is 3. The number of methoxy groups -OCH3 is 1. The maximum atomic E-state index is 13.1. The minimum absolute atomic E-state index is 0. The number of ether oxygens (including phenoxy) is 2. The molecule has 0 saturated carbocycles. The van der Waals surface area contributed by atoms with Crippen LogP contribution in [0.4, 0.5) is 5.13 Å². The Kier molecular flexibility index (Phi) is 9.37. The summed E-state index contributed by atoms with van der Waals surface area (Å²) in [7, 11) is 5.62. The summed E-state index contributed by atoms with van der Waals surface area (Å²) in [6.07, 6.45) is 0.820. The lowest BCUT2D eigenvalue weighted by atomic mass is 10.2. The van der Waals surface area contributed by atoms with Crippen LogP contribution in [0.25, 0.3) is 10.2 Å². The van der Waals surface area contributed by atoms with Crippen molar-refractivity contribution >= 4 is 56.6 Å². The van der Waals surface area contributed by atoms with Crippen molar-refractivity contribution in [2.75, 3.05) is 45.8 Å². The molecule has 0 unspecified atom stereocenters. The number of aryl methyl sites for hydroxylation is 1. The molecule has 9 heteroatoms. The summed E-state index contributed by atoms with van der Waals surface area (Å²) in [5.41, 5.74) is 1.87. The topological polar surface area (TPSA) is 54.9 Å². The highest BCUT2D eigenvalue weighted by atomic mass is 35.5. The normalized spacial score (nSPS) is 10.8. The van der Waals surface area contributed by atoms with E-state index in [1.54, 1.807) is 24.1 Å². The second kappa shape index (κ2) is 11.5. The molecule has 1 aromatic heterocycles. The van der Waals surface area contributed by atoms with Crippen LogP contribution in [0.5, 0.6) is 11.5 Å². The summed E-state index contributed by atoms with van der Waals surface area (Å²) in [5.74, 6) is 1.11. The number of aromatic nitrogens is 1. The van der Waals surface area contributed by atoms with Gasteiger partial charge in [-0.2, -0.15) is 0 Å². The predicted octanol–water partition coefficient (Wildman–Crippen LogP) is 5.05. The number of carbonyl (C=O) groups is 1. The van der Waals surface area contributed by atoms with Gasteiger partial charge < -0.3 is 14.4 Å². The summed E-state index contributed by atoms with van der Waals surface area (Å²) in [4.78, 5) is 21.6. The van der Waals surface area contributed by atoms with Gasteiger partial charge in [-0.1, -0.05) is 35.1 Å². The van der Waals surface area contributed by atoms with Crippen molar-refractivity contribution in [1.82, 2.24) is 9.88 Å². The Morgan fingerprint density at radius 3 is 2.58 bits per heavy atom. The van der Waals surface area contributed by atoms with Crippen LogP contribution in [0.2, 0.25) is 5.02 Å². The quantitative estimate of drug-likeness (QED) is 0.426. The molecule has 3 rings (SSSR count). The molecule has 0 atom stereocenters. The Morgan fingerprint density at radius 1 is 1.16 bits per heavy atom. The first kappa shape index (κ1) is 25.2. The maximum Gasteiger partial charge on any atom is 0.266 e. The minimum Gasteiger partial charge on any atom is -0.497 e. The van der Waals surface area contributed by atoms with Gasteiger partial charge in [-0.25, -0.2) is 4.98 Å². The highest BCUT2D eigenvalue weighted by molar-refractivity contribution is 7.23. The van der Waals surface area contributed by atoms with Crippen LogP contribution >= 0.6 is 35.3 Å². The number of halogens is 2. The summed E-state index contributed by atoms with van der Waals surface area (Å²) >= 11 is 7.80. The predicted molar refractivity (Wildman–Crippen MR) is 131 cm³/mol. The number of thiazole rings is 1. The smallest absolute Gasteiger partial charge is 0.266 e. The lowest BCUT2D eigenvalue weighted by Gasteiger charge is -2.21. The minimum atomic E-state index is -0.149. The van der Waals surface area contributed by atoms with E-state index in [4.69, 9.17) is 26.1 Å². The standard InChI is InChI=1S/C22H26ClN3O3S.ClH/c1-15-9-10-18(23)21-20(15)24-22(30-21)26(12-6-11-25(2)3)19(27)14-29-17-8-5-7-16(13-17)28-4;/h5,7-10,13H,6,11-12,14H2,1-4H3;1H. The monoisotopic (exact) mass is 483 g/mol. The average Bonchev–Trinajstić information content (AvgIpc) is 3.18. The number of hydrogen-bond donors (Lipinski definition) is 0. The Hall–Kier alpha value is -2.06. The first-order valence-electron chi connectivity index (χ1n) is 9.66. The first-order chi connectivity index (χ1) is 14.4. The van der Waals surface area contributed by atoms with Crippen molar-refractivity contribution in [3.05, 3.63) is 47.0 Å². The Balaban J connectivity index is 0.00000341. The van der Waals surface area contributed by atoms with Crippen LogP contribution in [-0.4, -0.2) is 56.7 Å². The zero-order chi connectivity index (χ0) is 21.7. The fraction of sp³-hybridized carbons (Fsp3) is 0.364. The number of anilines is 1. The Bertz CT molecular complexity index is 987. The van der Waals surface area contributed by atoms with E-state index in [0.29, 0.717) is 28.2 Å². The van der Waals surface area contributed by atoms with Crippen LogP contribution in [0.3, 0.4) is 0 Å². The number of benzene rings is 2. The van der Waals surface area contributed by atoms with Gasteiger partial charge in [0.15, 0.2) is 11.7 Å². The average molecular weight is 484 g/mol. The van der Waals surface area contributed by atoms with Crippen molar-refractivity contribution in [3.8, 4) is 11.5 Å². The van der Waals surface area contributed by atoms with Gasteiger partial charge in [0, 0.05) is 12.6 Å². The maximum absolute atomic E-state index is 13.1. The molecule has 0 radical (unpaired) electrons. The van der Waals surface area contributed by atoms with Crippen LogP contribution in [0, 0.1) is 6.92 Å². The molecule has 2 aromatic carbocycles. The molecule has 6 nitrogen and oxygen atoms in total. The van der Waals surface area contributed by atoms with Crippen LogP contribution in [0.15, 0.2) is 36.4 Å². The second-order valence-electron chi connectivity index (χ2n) is 7.21. The van der Waals surface area contributed by atoms with Crippen LogP contribution in [0.1, 0.15) is 12.0 Å². The van der Waals surface area contributed by atoms with E-state index in [1.165, 1.54) is 11.3 Å². The molecule has 168 valence electrons. The molecule has 3 aromatic rings. The third-order valence-electron chi connectivity index (χ3n) is 4.61. The van der Waals surface area contributed by atoms with Gasteiger partial charge in [-0.05, 0) is 57.7 Å². The fourth-order valence-corrected chi connectivity index (χ4v) is 4.35. The molecule has 0 aliphatic heterocycles. The summed E-state index contributed by atoms with van der Waals surface area (Å²) < 4.78 is 11.8. The molecule has 0 fully saturated rings. The number of amides is 1. The van der Waals surface area contributed by atoms with Crippen LogP contribution in [-0.2, 0) is 4.79 Å². The highest BCUT2D eigenvalue weighted by Gasteiger charge is 2.21. The van der Waals surface area contributed by atoms with E-state index >= 15 is 0 Å². The van der Waals surface area contributed by atoms with Gasteiger partial charge in [0.25, 0.3) is 5.91 Å². The molecule has 0 aliphatic carbocycles. The summed E-state index contributed by atoms with van der Waals surface area (Å²) in [6.45, 7) is 3.32. The molecule has 0 saturated heterocycles.